The van der Waals surface area contributed by atoms with Gasteiger partial charge in [0.15, 0.2) is 5.76 Å². The smallest absolute Gasteiger partial charge is 0.289 e. The Kier molecular flexibility index (Phi) is 6.29. The average molecular weight is 438 g/mol. The summed E-state index contributed by atoms with van der Waals surface area (Å²) in [6.07, 6.45) is 0. The van der Waals surface area contributed by atoms with Crippen molar-refractivity contribution >= 4 is 52.3 Å². The van der Waals surface area contributed by atoms with Crippen molar-refractivity contribution in [2.45, 2.75) is 0 Å². The van der Waals surface area contributed by atoms with Gasteiger partial charge in [-0.3, -0.25) is 9.59 Å². The van der Waals surface area contributed by atoms with Gasteiger partial charge >= 0.3 is 0 Å². The number of nitrogens with one attached hydrogen (secondary N) is 1. The summed E-state index contributed by atoms with van der Waals surface area (Å²) in [6, 6.07) is 15.2. The number of hydrogen-bond donors (Lipinski definition) is 1. The molecule has 0 bridgehead atoms. The van der Waals surface area contributed by atoms with Crippen LogP contribution in [0, 0.1) is 0 Å². The van der Waals surface area contributed by atoms with E-state index in [0.717, 1.165) is 0 Å². The third-order valence-electron chi connectivity index (χ3n) is 3.91. The molecule has 1 aromatic heterocycles. The summed E-state index contributed by atoms with van der Waals surface area (Å²) in [5.41, 5.74) is 0.979. The van der Waals surface area contributed by atoms with Gasteiger partial charge in [-0.25, -0.2) is 0 Å². The number of halogens is 3. The molecule has 3 aromatic rings. The number of likely N-dealkylation sites (N-methyl/N-ethyl adjacent to an activating group) is 1. The second-order valence-corrected chi connectivity index (χ2v) is 7.17. The fourth-order valence-corrected chi connectivity index (χ4v) is 3.25. The van der Waals surface area contributed by atoms with E-state index in [-0.39, 0.29) is 12.3 Å². The lowest BCUT2D eigenvalue weighted by Gasteiger charge is -2.16. The van der Waals surface area contributed by atoms with Gasteiger partial charge in [-0.15, -0.1) is 0 Å². The van der Waals surface area contributed by atoms with E-state index in [9.17, 15) is 9.59 Å². The molecule has 0 aliphatic heterocycles. The van der Waals surface area contributed by atoms with Gasteiger partial charge in [0.1, 0.15) is 5.76 Å². The minimum absolute atomic E-state index is 0.0981. The number of carbonyl (C=O) groups excluding carboxylic acids is 2. The number of hydrogen-bond acceptors (Lipinski definition) is 3. The summed E-state index contributed by atoms with van der Waals surface area (Å²) in [7, 11) is 1.49. The maximum absolute atomic E-state index is 12.6. The molecule has 0 saturated carbocycles. The second-order valence-electron chi connectivity index (χ2n) is 5.95. The second kappa shape index (κ2) is 8.69. The van der Waals surface area contributed by atoms with Crippen molar-refractivity contribution in [1.82, 2.24) is 4.90 Å². The van der Waals surface area contributed by atoms with Crippen LogP contribution >= 0.6 is 34.8 Å². The number of rotatable bonds is 5. The van der Waals surface area contributed by atoms with E-state index >= 15 is 0 Å². The van der Waals surface area contributed by atoms with Crippen molar-refractivity contribution in [2.75, 3.05) is 18.9 Å². The minimum atomic E-state index is -0.446. The van der Waals surface area contributed by atoms with Gasteiger partial charge in [0, 0.05) is 12.6 Å². The highest BCUT2D eigenvalue weighted by Crippen LogP contribution is 2.30. The van der Waals surface area contributed by atoms with Gasteiger partial charge in [-0.1, -0.05) is 53.0 Å². The molecule has 2 amide bonds. The topological polar surface area (TPSA) is 62.6 Å². The summed E-state index contributed by atoms with van der Waals surface area (Å²) in [4.78, 5) is 26.1. The maximum atomic E-state index is 12.6. The average Bonchev–Trinajstić information content (AvgIpc) is 3.14. The number of furan rings is 1. The highest BCUT2D eigenvalue weighted by Gasteiger charge is 2.20. The van der Waals surface area contributed by atoms with Crippen LogP contribution in [0.5, 0.6) is 0 Å². The molecule has 2 aromatic carbocycles. The van der Waals surface area contributed by atoms with Crippen molar-refractivity contribution in [2.24, 2.45) is 0 Å². The van der Waals surface area contributed by atoms with Gasteiger partial charge in [0.05, 0.1) is 27.3 Å². The molecule has 0 fully saturated rings. The quantitative estimate of drug-likeness (QED) is 0.563. The Morgan fingerprint density at radius 2 is 1.57 bits per heavy atom. The first kappa shape index (κ1) is 20.3. The van der Waals surface area contributed by atoms with E-state index < -0.39 is 11.8 Å². The molecule has 28 heavy (non-hydrogen) atoms. The SMILES string of the molecule is CN(CC(=O)Nc1c(Cl)cccc1Cl)C(=O)c1ccc(-c2ccccc2Cl)o1. The van der Waals surface area contributed by atoms with E-state index in [0.29, 0.717) is 32.1 Å². The number of nitrogens with zero attached hydrogens (tertiary/aromatic N) is 1. The lowest BCUT2D eigenvalue weighted by Crippen LogP contribution is -2.34. The van der Waals surface area contributed by atoms with Crippen molar-refractivity contribution in [3.63, 3.8) is 0 Å². The van der Waals surface area contributed by atoms with Crippen LogP contribution in [0.15, 0.2) is 59.0 Å². The third-order valence-corrected chi connectivity index (χ3v) is 4.87. The van der Waals surface area contributed by atoms with Gasteiger partial charge in [0.25, 0.3) is 5.91 Å². The van der Waals surface area contributed by atoms with E-state index in [1.165, 1.54) is 11.9 Å². The van der Waals surface area contributed by atoms with Crippen LogP contribution in [0.25, 0.3) is 11.3 Å². The molecular formula is C20H15Cl3N2O3. The van der Waals surface area contributed by atoms with E-state index in [1.807, 2.05) is 6.07 Å². The summed E-state index contributed by atoms with van der Waals surface area (Å²) in [5.74, 6) is -0.321. The molecule has 3 rings (SSSR count). The Labute approximate surface area is 176 Å². The fourth-order valence-electron chi connectivity index (χ4n) is 2.53. The van der Waals surface area contributed by atoms with Gasteiger partial charge in [-0.05, 0) is 36.4 Å². The summed E-state index contributed by atoms with van der Waals surface area (Å²) in [5, 5.41) is 3.74. The molecule has 0 atom stereocenters. The number of amides is 2. The third kappa shape index (κ3) is 4.50. The van der Waals surface area contributed by atoms with Gasteiger partial charge in [0.2, 0.25) is 5.91 Å². The van der Waals surface area contributed by atoms with Crippen molar-refractivity contribution in [3.8, 4) is 11.3 Å². The Morgan fingerprint density at radius 3 is 2.25 bits per heavy atom. The van der Waals surface area contributed by atoms with Gasteiger partial charge < -0.3 is 14.6 Å². The Bertz CT molecular complexity index is 1010. The minimum Gasteiger partial charge on any atom is -0.451 e. The Balaban J connectivity index is 1.68. The first-order valence-electron chi connectivity index (χ1n) is 8.21. The predicted molar refractivity (Wildman–Crippen MR) is 111 cm³/mol. The van der Waals surface area contributed by atoms with Crippen LogP contribution in [0.4, 0.5) is 5.69 Å². The fraction of sp³-hybridized carbons (Fsp3) is 0.100. The molecule has 1 N–H and O–H groups in total. The van der Waals surface area contributed by atoms with E-state index in [1.54, 1.807) is 48.5 Å². The number of carbonyl (C=O) groups is 2. The first-order chi connectivity index (χ1) is 13.4. The number of para-hydroxylation sites is 1. The molecule has 0 saturated heterocycles. The monoisotopic (exact) mass is 436 g/mol. The summed E-state index contributed by atoms with van der Waals surface area (Å²) < 4.78 is 5.62. The molecule has 1 heterocycles. The van der Waals surface area contributed by atoms with Crippen LogP contribution in [0.1, 0.15) is 10.6 Å². The first-order valence-corrected chi connectivity index (χ1v) is 9.34. The predicted octanol–water partition coefficient (Wildman–Crippen LogP) is 5.62. The molecule has 5 nitrogen and oxygen atoms in total. The zero-order valence-corrected chi connectivity index (χ0v) is 17.0. The van der Waals surface area contributed by atoms with Crippen LogP contribution in [0.3, 0.4) is 0 Å². The van der Waals surface area contributed by atoms with Crippen LogP contribution < -0.4 is 5.32 Å². The number of anilines is 1. The van der Waals surface area contributed by atoms with Gasteiger partial charge in [-0.2, -0.15) is 0 Å². The normalized spacial score (nSPS) is 10.6. The molecule has 0 aliphatic rings. The largest absolute Gasteiger partial charge is 0.451 e. The summed E-state index contributed by atoms with van der Waals surface area (Å²) in [6.45, 7) is -0.206. The molecule has 8 heteroatoms. The summed E-state index contributed by atoms with van der Waals surface area (Å²) >= 11 is 18.2. The Morgan fingerprint density at radius 1 is 0.929 bits per heavy atom. The molecule has 0 unspecified atom stereocenters. The van der Waals surface area contributed by atoms with Crippen molar-refractivity contribution in [3.05, 3.63) is 75.4 Å². The molecular weight excluding hydrogens is 423 g/mol. The highest BCUT2D eigenvalue weighted by molar-refractivity contribution is 6.39. The van der Waals surface area contributed by atoms with Crippen molar-refractivity contribution < 1.29 is 14.0 Å². The molecule has 0 radical (unpaired) electrons. The lowest BCUT2D eigenvalue weighted by atomic mass is 10.2. The Hall–Kier alpha value is -2.47. The van der Waals surface area contributed by atoms with Crippen molar-refractivity contribution in [1.29, 1.82) is 0 Å². The van der Waals surface area contributed by atoms with Crippen LogP contribution in [-0.2, 0) is 4.79 Å². The molecule has 0 aliphatic carbocycles. The lowest BCUT2D eigenvalue weighted by molar-refractivity contribution is -0.116. The maximum Gasteiger partial charge on any atom is 0.289 e. The highest BCUT2D eigenvalue weighted by atomic mass is 35.5. The molecule has 0 spiro atoms. The zero-order valence-electron chi connectivity index (χ0n) is 14.7. The van der Waals surface area contributed by atoms with Crippen LogP contribution in [0.2, 0.25) is 15.1 Å². The molecule has 144 valence electrons. The zero-order chi connectivity index (χ0) is 20.3. The van der Waals surface area contributed by atoms with Crippen LogP contribution in [-0.4, -0.2) is 30.3 Å². The standard InChI is InChI=1S/C20H15Cl3N2O3/c1-25(11-18(26)24-19-14(22)7-4-8-15(19)23)20(27)17-10-9-16(28-17)12-5-2-3-6-13(12)21/h2-10H,11H2,1H3,(H,24,26). The number of benzene rings is 2. The van der Waals surface area contributed by atoms with E-state index in [2.05, 4.69) is 5.32 Å². The van der Waals surface area contributed by atoms with E-state index in [4.69, 9.17) is 39.2 Å².